The Labute approximate surface area is 121 Å². The molecule has 21 heavy (non-hydrogen) atoms. The number of hydrogen-bond donors (Lipinski definition) is 1. The van der Waals surface area contributed by atoms with Gasteiger partial charge in [-0.1, -0.05) is 18.2 Å². The molecule has 0 radical (unpaired) electrons. The van der Waals surface area contributed by atoms with Crippen molar-refractivity contribution >= 4 is 16.9 Å². The summed E-state index contributed by atoms with van der Waals surface area (Å²) in [7, 11) is 1.93. The van der Waals surface area contributed by atoms with Crippen LogP contribution in [0.3, 0.4) is 0 Å². The summed E-state index contributed by atoms with van der Waals surface area (Å²) in [6.07, 6.45) is 1.74. The van der Waals surface area contributed by atoms with Crippen molar-refractivity contribution in [1.82, 2.24) is 14.9 Å². The summed E-state index contributed by atoms with van der Waals surface area (Å²) in [5, 5.41) is 2.71. The predicted octanol–water partition coefficient (Wildman–Crippen LogP) is 2.64. The minimum atomic E-state index is -0.518. The maximum atomic E-state index is 13.5. The van der Waals surface area contributed by atoms with Gasteiger partial charge in [-0.25, -0.2) is 9.37 Å². The number of aryl methyl sites for hydroxylation is 1. The van der Waals surface area contributed by atoms with Crippen molar-refractivity contribution in [3.63, 3.8) is 0 Å². The van der Waals surface area contributed by atoms with Crippen LogP contribution in [0.4, 0.5) is 4.39 Å². The Kier molecular flexibility index (Phi) is 3.39. The van der Waals surface area contributed by atoms with Gasteiger partial charge in [-0.15, -0.1) is 0 Å². The maximum absolute atomic E-state index is 13.5. The first kappa shape index (κ1) is 13.3. The van der Waals surface area contributed by atoms with E-state index in [0.717, 1.165) is 16.6 Å². The molecular weight excluding hydrogens is 269 g/mol. The number of aromatic nitrogens is 2. The van der Waals surface area contributed by atoms with Crippen molar-refractivity contribution < 1.29 is 9.18 Å². The van der Waals surface area contributed by atoms with E-state index in [0.29, 0.717) is 6.54 Å². The number of halogens is 1. The molecule has 0 unspecified atom stereocenters. The highest BCUT2D eigenvalue weighted by Crippen LogP contribution is 2.14. The number of nitrogens with one attached hydrogen (secondary N) is 1. The fourth-order valence-electron chi connectivity index (χ4n) is 2.21. The lowest BCUT2D eigenvalue weighted by Crippen LogP contribution is -2.23. The van der Waals surface area contributed by atoms with Crippen molar-refractivity contribution in [2.75, 3.05) is 0 Å². The molecule has 0 atom stereocenters. The van der Waals surface area contributed by atoms with Gasteiger partial charge in [0, 0.05) is 13.6 Å². The molecule has 1 amide bonds. The second-order valence-electron chi connectivity index (χ2n) is 4.84. The van der Waals surface area contributed by atoms with Crippen LogP contribution in [0.25, 0.3) is 11.0 Å². The molecule has 3 aromatic rings. The molecule has 0 saturated heterocycles. The zero-order valence-electron chi connectivity index (χ0n) is 11.5. The van der Waals surface area contributed by atoms with Gasteiger partial charge >= 0.3 is 0 Å². The van der Waals surface area contributed by atoms with Crippen molar-refractivity contribution in [3.05, 3.63) is 65.7 Å². The third-order valence-corrected chi connectivity index (χ3v) is 3.36. The first-order chi connectivity index (χ1) is 10.1. The first-order valence-electron chi connectivity index (χ1n) is 6.58. The highest BCUT2D eigenvalue weighted by Gasteiger charge is 2.10. The molecule has 0 fully saturated rings. The van der Waals surface area contributed by atoms with Crippen LogP contribution in [0, 0.1) is 5.82 Å². The van der Waals surface area contributed by atoms with E-state index in [9.17, 15) is 9.18 Å². The highest BCUT2D eigenvalue weighted by molar-refractivity contribution is 5.94. The van der Waals surface area contributed by atoms with Crippen LogP contribution in [-0.4, -0.2) is 15.5 Å². The van der Waals surface area contributed by atoms with Gasteiger partial charge in [-0.3, -0.25) is 4.79 Å². The summed E-state index contributed by atoms with van der Waals surface area (Å²) in [4.78, 5) is 16.2. The summed E-state index contributed by atoms with van der Waals surface area (Å²) < 4.78 is 15.4. The molecular formula is C16H14FN3O. The number of carbonyl (C=O) groups excluding carboxylic acids is 1. The zero-order chi connectivity index (χ0) is 14.8. The van der Waals surface area contributed by atoms with Crippen molar-refractivity contribution in [2.45, 2.75) is 6.54 Å². The number of carbonyl (C=O) groups is 1. The van der Waals surface area contributed by atoms with Gasteiger partial charge in [0.2, 0.25) is 0 Å². The minimum absolute atomic E-state index is 0.0522. The Morgan fingerprint density at radius 3 is 2.90 bits per heavy atom. The maximum Gasteiger partial charge on any atom is 0.254 e. The molecule has 0 bridgehead atoms. The van der Waals surface area contributed by atoms with E-state index in [2.05, 4.69) is 10.3 Å². The lowest BCUT2D eigenvalue weighted by Gasteiger charge is -2.06. The van der Waals surface area contributed by atoms with Crippen LogP contribution in [0.1, 0.15) is 15.9 Å². The van der Waals surface area contributed by atoms with Gasteiger partial charge < -0.3 is 9.88 Å². The molecule has 0 aliphatic rings. The molecule has 1 heterocycles. The average Bonchev–Trinajstić information content (AvgIpc) is 2.86. The SMILES string of the molecule is Cn1cnc2cc(CNC(=O)c3ccccc3F)ccc21. The summed E-state index contributed by atoms with van der Waals surface area (Å²) in [5.74, 6) is -0.940. The fourth-order valence-corrected chi connectivity index (χ4v) is 2.21. The minimum Gasteiger partial charge on any atom is -0.348 e. The van der Waals surface area contributed by atoms with Crippen LogP contribution in [0.2, 0.25) is 0 Å². The summed E-state index contributed by atoms with van der Waals surface area (Å²) in [5.41, 5.74) is 2.87. The van der Waals surface area contributed by atoms with Gasteiger partial charge in [0.15, 0.2) is 0 Å². The van der Waals surface area contributed by atoms with Crippen LogP contribution >= 0.6 is 0 Å². The summed E-state index contributed by atoms with van der Waals surface area (Å²) in [6.45, 7) is 0.333. The molecule has 1 N–H and O–H groups in total. The van der Waals surface area contributed by atoms with Gasteiger partial charge in [0.1, 0.15) is 5.82 Å². The normalized spacial score (nSPS) is 10.8. The van der Waals surface area contributed by atoms with E-state index in [4.69, 9.17) is 0 Å². The average molecular weight is 283 g/mol. The lowest BCUT2D eigenvalue weighted by atomic mass is 10.1. The van der Waals surface area contributed by atoms with Gasteiger partial charge in [-0.2, -0.15) is 0 Å². The highest BCUT2D eigenvalue weighted by atomic mass is 19.1. The van der Waals surface area contributed by atoms with Gasteiger partial charge in [0.05, 0.1) is 22.9 Å². The number of benzene rings is 2. The van der Waals surface area contributed by atoms with E-state index in [1.54, 1.807) is 18.5 Å². The van der Waals surface area contributed by atoms with E-state index < -0.39 is 11.7 Å². The second-order valence-corrected chi connectivity index (χ2v) is 4.84. The molecule has 2 aromatic carbocycles. The van der Waals surface area contributed by atoms with Gasteiger partial charge in [0.25, 0.3) is 5.91 Å². The Balaban J connectivity index is 1.74. The number of fused-ring (bicyclic) bond motifs is 1. The zero-order valence-corrected chi connectivity index (χ0v) is 11.5. The smallest absolute Gasteiger partial charge is 0.254 e. The van der Waals surface area contributed by atoms with Crippen LogP contribution < -0.4 is 5.32 Å². The summed E-state index contributed by atoms with van der Waals surface area (Å²) in [6, 6.07) is 11.7. The van der Waals surface area contributed by atoms with E-state index in [1.165, 1.54) is 12.1 Å². The molecule has 0 saturated carbocycles. The molecule has 1 aromatic heterocycles. The Morgan fingerprint density at radius 2 is 2.10 bits per heavy atom. The Morgan fingerprint density at radius 1 is 1.29 bits per heavy atom. The monoisotopic (exact) mass is 283 g/mol. The molecule has 4 nitrogen and oxygen atoms in total. The van der Waals surface area contributed by atoms with E-state index >= 15 is 0 Å². The largest absolute Gasteiger partial charge is 0.348 e. The third-order valence-electron chi connectivity index (χ3n) is 3.36. The number of rotatable bonds is 3. The van der Waals surface area contributed by atoms with Crippen LogP contribution in [0.5, 0.6) is 0 Å². The molecule has 0 aliphatic heterocycles. The molecule has 106 valence electrons. The predicted molar refractivity (Wildman–Crippen MR) is 78.3 cm³/mol. The molecule has 3 rings (SSSR count). The quantitative estimate of drug-likeness (QED) is 0.803. The van der Waals surface area contributed by atoms with Crippen LogP contribution in [-0.2, 0) is 13.6 Å². The number of hydrogen-bond acceptors (Lipinski definition) is 2. The molecule has 0 aliphatic carbocycles. The van der Waals surface area contributed by atoms with Crippen molar-refractivity contribution in [2.24, 2.45) is 7.05 Å². The standard InChI is InChI=1S/C16H14FN3O/c1-20-10-19-14-8-11(6-7-15(14)20)9-18-16(21)12-4-2-3-5-13(12)17/h2-8,10H,9H2,1H3,(H,18,21). The molecule has 5 heteroatoms. The number of imidazole rings is 1. The van der Waals surface area contributed by atoms with E-state index in [1.807, 2.05) is 29.8 Å². The summed E-state index contributed by atoms with van der Waals surface area (Å²) >= 11 is 0. The number of nitrogens with zero attached hydrogens (tertiary/aromatic N) is 2. The Hall–Kier alpha value is -2.69. The van der Waals surface area contributed by atoms with Crippen molar-refractivity contribution in [1.29, 1.82) is 0 Å². The van der Waals surface area contributed by atoms with Crippen molar-refractivity contribution in [3.8, 4) is 0 Å². The van der Waals surface area contributed by atoms with E-state index in [-0.39, 0.29) is 5.56 Å². The van der Waals surface area contributed by atoms with Gasteiger partial charge in [-0.05, 0) is 29.8 Å². The first-order valence-corrected chi connectivity index (χ1v) is 6.58. The number of amides is 1. The second kappa shape index (κ2) is 5.36. The fraction of sp³-hybridized carbons (Fsp3) is 0.125. The Bertz CT molecular complexity index is 810. The van der Waals surface area contributed by atoms with Crippen LogP contribution in [0.15, 0.2) is 48.8 Å². The third kappa shape index (κ3) is 2.63. The molecule has 0 spiro atoms. The lowest BCUT2D eigenvalue weighted by molar-refractivity contribution is 0.0947. The topological polar surface area (TPSA) is 46.9 Å².